The highest BCUT2D eigenvalue weighted by Gasteiger charge is 2.24. The average Bonchev–Trinajstić information content (AvgIpc) is 2.63. The second-order valence-electron chi connectivity index (χ2n) is 4.62. The van der Waals surface area contributed by atoms with Crippen LogP contribution in [-0.4, -0.2) is 14.5 Å². The number of nitrogens with one attached hydrogen (secondary N) is 1. The number of aryl methyl sites for hydroxylation is 1. The van der Waals surface area contributed by atoms with Gasteiger partial charge in [0.1, 0.15) is 0 Å². The van der Waals surface area contributed by atoms with Gasteiger partial charge in [-0.1, -0.05) is 29.8 Å². The van der Waals surface area contributed by atoms with E-state index >= 15 is 0 Å². The molecule has 1 N–H and O–H groups in total. The van der Waals surface area contributed by atoms with E-state index in [1.54, 1.807) is 12.1 Å². The van der Waals surface area contributed by atoms with Crippen LogP contribution in [0.3, 0.4) is 0 Å². The average molecular weight is 251 g/mol. The summed E-state index contributed by atoms with van der Waals surface area (Å²) in [6.45, 7) is 5.82. The van der Waals surface area contributed by atoms with Gasteiger partial charge in [-0.2, -0.15) is 0 Å². The van der Waals surface area contributed by atoms with Crippen LogP contribution in [0.1, 0.15) is 24.8 Å². The fourth-order valence-corrected chi connectivity index (χ4v) is 3.31. The molecule has 2 rings (SSSR count). The molecule has 0 aromatic heterocycles. The van der Waals surface area contributed by atoms with Crippen molar-refractivity contribution in [1.29, 1.82) is 0 Å². The summed E-state index contributed by atoms with van der Waals surface area (Å²) >= 11 is 0. The molecule has 17 heavy (non-hydrogen) atoms. The molecule has 92 valence electrons. The summed E-state index contributed by atoms with van der Waals surface area (Å²) in [5.74, 6) is 0. The van der Waals surface area contributed by atoms with Crippen molar-refractivity contribution < 1.29 is 8.42 Å². The molecule has 0 amide bonds. The molecular formula is C13H17NO2S. The van der Waals surface area contributed by atoms with Crippen LogP contribution in [0.5, 0.6) is 0 Å². The summed E-state index contributed by atoms with van der Waals surface area (Å²) in [5, 5.41) is 0. The highest BCUT2D eigenvalue weighted by molar-refractivity contribution is 7.89. The molecule has 0 saturated heterocycles. The van der Waals surface area contributed by atoms with Gasteiger partial charge in [0, 0.05) is 6.04 Å². The molecular weight excluding hydrogens is 234 g/mol. The molecule has 1 aliphatic rings. The first-order valence-electron chi connectivity index (χ1n) is 5.73. The van der Waals surface area contributed by atoms with E-state index in [1.807, 2.05) is 19.1 Å². The van der Waals surface area contributed by atoms with Crippen molar-refractivity contribution in [3.05, 3.63) is 42.0 Å². The van der Waals surface area contributed by atoms with Gasteiger partial charge in [0.2, 0.25) is 10.0 Å². The summed E-state index contributed by atoms with van der Waals surface area (Å²) < 4.78 is 26.9. The fourth-order valence-electron chi connectivity index (χ4n) is 2.04. The van der Waals surface area contributed by atoms with Gasteiger partial charge in [-0.3, -0.25) is 0 Å². The molecule has 1 aromatic rings. The highest BCUT2D eigenvalue weighted by atomic mass is 32.2. The van der Waals surface area contributed by atoms with E-state index in [-0.39, 0.29) is 6.04 Å². The summed E-state index contributed by atoms with van der Waals surface area (Å²) in [7, 11) is -3.37. The van der Waals surface area contributed by atoms with Crippen molar-refractivity contribution in [3.8, 4) is 0 Å². The van der Waals surface area contributed by atoms with Crippen molar-refractivity contribution >= 4 is 10.0 Å². The van der Waals surface area contributed by atoms with Gasteiger partial charge in [-0.05, 0) is 38.3 Å². The minimum atomic E-state index is -3.37. The second kappa shape index (κ2) is 4.63. The SMILES string of the molecule is C=C1CCC(NS(=O)(=O)c2ccc(C)cc2)C1. The zero-order chi connectivity index (χ0) is 12.5. The molecule has 0 spiro atoms. The van der Waals surface area contributed by atoms with Gasteiger partial charge in [-0.15, -0.1) is 0 Å². The Bertz CT molecular complexity index is 517. The monoisotopic (exact) mass is 251 g/mol. The van der Waals surface area contributed by atoms with E-state index in [0.29, 0.717) is 4.90 Å². The lowest BCUT2D eigenvalue weighted by Gasteiger charge is -2.12. The minimum absolute atomic E-state index is 0.00815. The van der Waals surface area contributed by atoms with Gasteiger partial charge < -0.3 is 0 Å². The molecule has 1 atom stereocenters. The van der Waals surface area contributed by atoms with Crippen molar-refractivity contribution in [2.24, 2.45) is 0 Å². The van der Waals surface area contributed by atoms with Gasteiger partial charge in [0.25, 0.3) is 0 Å². The maximum Gasteiger partial charge on any atom is 0.240 e. The predicted octanol–water partition coefficient (Wildman–Crippen LogP) is 2.38. The number of benzene rings is 1. The minimum Gasteiger partial charge on any atom is -0.208 e. The van der Waals surface area contributed by atoms with E-state index in [9.17, 15) is 8.42 Å². The lowest BCUT2D eigenvalue weighted by Crippen LogP contribution is -2.32. The fraction of sp³-hybridized carbons (Fsp3) is 0.385. The Balaban J connectivity index is 2.14. The molecule has 1 fully saturated rings. The topological polar surface area (TPSA) is 46.2 Å². The van der Waals surface area contributed by atoms with Crippen molar-refractivity contribution in [3.63, 3.8) is 0 Å². The summed E-state index contributed by atoms with van der Waals surface area (Å²) in [6, 6.07) is 6.90. The maximum absolute atomic E-state index is 12.1. The number of sulfonamides is 1. The molecule has 1 aliphatic carbocycles. The van der Waals surface area contributed by atoms with Gasteiger partial charge in [-0.25, -0.2) is 13.1 Å². The first-order chi connectivity index (χ1) is 7.97. The van der Waals surface area contributed by atoms with Gasteiger partial charge in [0.15, 0.2) is 0 Å². The molecule has 0 bridgehead atoms. The van der Waals surface area contributed by atoms with Crippen molar-refractivity contribution in [1.82, 2.24) is 4.72 Å². The third-order valence-electron chi connectivity index (χ3n) is 3.03. The largest absolute Gasteiger partial charge is 0.240 e. The Morgan fingerprint density at radius 3 is 2.47 bits per heavy atom. The lowest BCUT2D eigenvalue weighted by molar-refractivity contribution is 0.554. The van der Waals surface area contributed by atoms with E-state index in [2.05, 4.69) is 11.3 Å². The van der Waals surface area contributed by atoms with Crippen molar-refractivity contribution in [2.75, 3.05) is 0 Å². The zero-order valence-corrected chi connectivity index (χ0v) is 10.8. The lowest BCUT2D eigenvalue weighted by atomic mass is 10.2. The van der Waals surface area contributed by atoms with Crippen LogP contribution in [0.15, 0.2) is 41.3 Å². The Labute approximate surface area is 103 Å². The van der Waals surface area contributed by atoms with Crippen LogP contribution in [0.25, 0.3) is 0 Å². The first kappa shape index (κ1) is 12.3. The van der Waals surface area contributed by atoms with Gasteiger partial charge in [0.05, 0.1) is 4.90 Å². The second-order valence-corrected chi connectivity index (χ2v) is 6.34. The first-order valence-corrected chi connectivity index (χ1v) is 7.21. The molecule has 1 aromatic carbocycles. The van der Waals surface area contributed by atoms with Crippen LogP contribution in [0.4, 0.5) is 0 Å². The zero-order valence-electron chi connectivity index (χ0n) is 9.94. The molecule has 4 heteroatoms. The quantitative estimate of drug-likeness (QED) is 0.838. The number of rotatable bonds is 3. The normalized spacial score (nSPS) is 20.8. The molecule has 0 radical (unpaired) electrons. The smallest absolute Gasteiger partial charge is 0.208 e. The molecule has 3 nitrogen and oxygen atoms in total. The number of hydrogen-bond acceptors (Lipinski definition) is 2. The van der Waals surface area contributed by atoms with Crippen LogP contribution < -0.4 is 4.72 Å². The molecule has 1 unspecified atom stereocenters. The number of hydrogen-bond donors (Lipinski definition) is 1. The Morgan fingerprint density at radius 1 is 1.29 bits per heavy atom. The van der Waals surface area contributed by atoms with Crippen LogP contribution >= 0.6 is 0 Å². The van der Waals surface area contributed by atoms with E-state index in [0.717, 1.165) is 30.4 Å². The predicted molar refractivity (Wildman–Crippen MR) is 68.3 cm³/mol. The summed E-state index contributed by atoms with van der Waals surface area (Å²) in [4.78, 5) is 0.334. The summed E-state index contributed by atoms with van der Waals surface area (Å²) in [5.41, 5.74) is 2.18. The molecule has 0 aliphatic heterocycles. The third kappa shape index (κ3) is 2.96. The Kier molecular flexibility index (Phi) is 3.35. The van der Waals surface area contributed by atoms with Gasteiger partial charge >= 0.3 is 0 Å². The van der Waals surface area contributed by atoms with Crippen LogP contribution in [0, 0.1) is 6.92 Å². The van der Waals surface area contributed by atoms with E-state index in [4.69, 9.17) is 0 Å². The van der Waals surface area contributed by atoms with E-state index < -0.39 is 10.0 Å². The highest BCUT2D eigenvalue weighted by Crippen LogP contribution is 2.24. The summed E-state index contributed by atoms with van der Waals surface area (Å²) in [6.07, 6.45) is 2.52. The van der Waals surface area contributed by atoms with E-state index in [1.165, 1.54) is 0 Å². The Morgan fingerprint density at radius 2 is 1.94 bits per heavy atom. The third-order valence-corrected chi connectivity index (χ3v) is 4.57. The van der Waals surface area contributed by atoms with Crippen LogP contribution in [0.2, 0.25) is 0 Å². The van der Waals surface area contributed by atoms with Crippen molar-refractivity contribution in [2.45, 2.75) is 37.1 Å². The Hall–Kier alpha value is -1.13. The maximum atomic E-state index is 12.1. The van der Waals surface area contributed by atoms with Crippen LogP contribution in [-0.2, 0) is 10.0 Å². The molecule has 1 saturated carbocycles. The standard InChI is InChI=1S/C13H17NO2S/c1-10-4-7-13(8-5-10)17(15,16)14-12-6-3-11(2)9-12/h4-5,7-8,12,14H,2-3,6,9H2,1H3. The molecule has 0 heterocycles.